The molecule has 0 aromatic heterocycles. The Morgan fingerprint density at radius 2 is 1.48 bits per heavy atom. The van der Waals surface area contributed by atoms with E-state index >= 15 is 0 Å². The first kappa shape index (κ1) is 24.4. The summed E-state index contributed by atoms with van der Waals surface area (Å²) >= 11 is 0. The van der Waals surface area contributed by atoms with Crippen LogP contribution in [0.15, 0.2) is 36.0 Å². The van der Waals surface area contributed by atoms with Crippen LogP contribution in [-0.4, -0.2) is 24.6 Å². The van der Waals surface area contributed by atoms with E-state index in [0.717, 1.165) is 38.5 Å². The molecule has 0 radical (unpaired) electrons. The third-order valence-electron chi connectivity index (χ3n) is 7.56. The van der Waals surface area contributed by atoms with Crippen LogP contribution in [0.25, 0.3) is 0 Å². The number of alkyl halides is 6. The summed E-state index contributed by atoms with van der Waals surface area (Å²) in [5.41, 5.74) is -2.93. The van der Waals surface area contributed by atoms with E-state index in [4.69, 9.17) is 0 Å². The quantitative estimate of drug-likeness (QED) is 0.283. The summed E-state index contributed by atoms with van der Waals surface area (Å²) in [4.78, 5) is 0. The van der Waals surface area contributed by atoms with Crippen LogP contribution in [0, 0.1) is 23.7 Å². The maximum Gasteiger partial charge on any atom is 0.385 e. The molecule has 7 heteroatoms. The summed E-state index contributed by atoms with van der Waals surface area (Å²) in [5, 5.41) is 0. The van der Waals surface area contributed by atoms with Crippen LogP contribution in [0.5, 0.6) is 0 Å². The Morgan fingerprint density at radius 3 is 2.03 bits per heavy atom. The van der Waals surface area contributed by atoms with E-state index in [0.29, 0.717) is 30.4 Å². The van der Waals surface area contributed by atoms with Crippen LogP contribution in [0.2, 0.25) is 0 Å². The van der Waals surface area contributed by atoms with Crippen molar-refractivity contribution >= 4 is 0 Å². The fraction of sp³-hybridized carbons (Fsp3) is 0.750. The SMILES string of the molecule is C=CC1CCC(C2CCC(CCOC(F)(F)C3=CC=C(C)C(F)(F)C3(F)F)CC2)CC1. The Bertz CT molecular complexity index is 695. The van der Waals surface area contributed by atoms with Crippen LogP contribution in [0.4, 0.5) is 26.3 Å². The average molecular weight is 451 g/mol. The molecule has 31 heavy (non-hydrogen) atoms. The molecule has 0 N–H and O–H groups in total. The predicted molar refractivity (Wildman–Crippen MR) is 108 cm³/mol. The van der Waals surface area contributed by atoms with Gasteiger partial charge in [0.05, 0.1) is 6.61 Å². The zero-order valence-corrected chi connectivity index (χ0v) is 18.0. The van der Waals surface area contributed by atoms with Gasteiger partial charge in [-0.05, 0) is 81.6 Å². The van der Waals surface area contributed by atoms with Gasteiger partial charge in [0.15, 0.2) is 0 Å². The second kappa shape index (κ2) is 9.32. The van der Waals surface area contributed by atoms with Crippen molar-refractivity contribution in [3.05, 3.63) is 36.0 Å². The number of halogens is 6. The van der Waals surface area contributed by atoms with E-state index in [2.05, 4.69) is 11.3 Å². The first-order valence-corrected chi connectivity index (χ1v) is 11.3. The molecule has 2 saturated carbocycles. The normalized spacial score (nSPS) is 33.4. The summed E-state index contributed by atoms with van der Waals surface area (Å²) < 4.78 is 88.5. The van der Waals surface area contributed by atoms with Gasteiger partial charge in [-0.1, -0.05) is 25.0 Å². The first-order chi connectivity index (χ1) is 14.5. The topological polar surface area (TPSA) is 9.23 Å². The maximum absolute atomic E-state index is 14.3. The van der Waals surface area contributed by atoms with E-state index in [1.807, 2.05) is 6.08 Å². The highest BCUT2D eigenvalue weighted by molar-refractivity contribution is 5.39. The molecule has 0 amide bonds. The zero-order valence-electron chi connectivity index (χ0n) is 18.0. The lowest BCUT2D eigenvalue weighted by Crippen LogP contribution is -2.50. The molecule has 0 spiro atoms. The third-order valence-corrected chi connectivity index (χ3v) is 7.56. The predicted octanol–water partition coefficient (Wildman–Crippen LogP) is 7.94. The van der Waals surface area contributed by atoms with Gasteiger partial charge in [0.25, 0.3) is 0 Å². The van der Waals surface area contributed by atoms with E-state index in [9.17, 15) is 26.3 Å². The van der Waals surface area contributed by atoms with Gasteiger partial charge in [0.2, 0.25) is 0 Å². The second-order valence-electron chi connectivity index (χ2n) is 9.42. The summed E-state index contributed by atoms with van der Waals surface area (Å²) in [6, 6.07) is 0. The Labute approximate surface area is 180 Å². The monoisotopic (exact) mass is 450 g/mol. The number of allylic oxidation sites excluding steroid dienone is 4. The van der Waals surface area contributed by atoms with E-state index in [1.54, 1.807) is 0 Å². The minimum absolute atomic E-state index is 0.195. The van der Waals surface area contributed by atoms with Crippen molar-refractivity contribution in [2.45, 2.75) is 82.7 Å². The van der Waals surface area contributed by atoms with Crippen molar-refractivity contribution in [3.63, 3.8) is 0 Å². The summed E-state index contributed by atoms with van der Waals surface area (Å²) in [6.07, 6.45) is 7.57. The lowest BCUT2D eigenvalue weighted by atomic mass is 9.69. The minimum Gasteiger partial charge on any atom is -0.317 e. The minimum atomic E-state index is -4.99. The molecule has 0 aromatic rings. The van der Waals surface area contributed by atoms with Gasteiger partial charge in [-0.3, -0.25) is 0 Å². The molecule has 0 unspecified atom stereocenters. The Morgan fingerprint density at radius 1 is 0.935 bits per heavy atom. The smallest absolute Gasteiger partial charge is 0.317 e. The van der Waals surface area contributed by atoms with Crippen LogP contribution < -0.4 is 0 Å². The molecule has 1 nitrogen and oxygen atoms in total. The molecular weight excluding hydrogens is 418 g/mol. The lowest BCUT2D eigenvalue weighted by molar-refractivity contribution is -0.253. The van der Waals surface area contributed by atoms with Gasteiger partial charge < -0.3 is 4.74 Å². The number of rotatable bonds is 7. The molecule has 0 aliphatic heterocycles. The van der Waals surface area contributed by atoms with Gasteiger partial charge in [0.1, 0.15) is 5.57 Å². The molecular formula is C24H32F6O. The summed E-state index contributed by atoms with van der Waals surface area (Å²) in [6.45, 7) is 4.23. The van der Waals surface area contributed by atoms with Crippen LogP contribution >= 0.6 is 0 Å². The average Bonchev–Trinajstić information content (AvgIpc) is 2.73. The van der Waals surface area contributed by atoms with Crippen molar-refractivity contribution < 1.29 is 31.1 Å². The van der Waals surface area contributed by atoms with Crippen molar-refractivity contribution in [3.8, 4) is 0 Å². The van der Waals surface area contributed by atoms with Gasteiger partial charge in [-0.25, -0.2) is 0 Å². The van der Waals surface area contributed by atoms with Gasteiger partial charge in [-0.15, -0.1) is 6.58 Å². The Kier molecular flexibility index (Phi) is 7.34. The molecule has 0 atom stereocenters. The van der Waals surface area contributed by atoms with E-state index in [-0.39, 0.29) is 5.92 Å². The fourth-order valence-electron chi connectivity index (χ4n) is 5.35. The third kappa shape index (κ3) is 5.07. The van der Waals surface area contributed by atoms with Gasteiger partial charge in [0, 0.05) is 5.57 Å². The van der Waals surface area contributed by atoms with Crippen molar-refractivity contribution in [2.24, 2.45) is 23.7 Å². The molecule has 0 saturated heterocycles. The standard InChI is InChI=1S/C24H32F6O/c1-3-17-5-9-19(10-6-17)20-11-7-18(8-12-20)14-15-31-24(29,30)21-13-4-16(2)22(25,26)23(21,27)28/h3-4,13,17-20H,1,5-12,14-15H2,2H3. The van der Waals surface area contributed by atoms with Crippen molar-refractivity contribution in [1.29, 1.82) is 0 Å². The molecule has 0 aromatic carbocycles. The van der Waals surface area contributed by atoms with E-state index in [1.165, 1.54) is 25.7 Å². The number of hydrogen-bond donors (Lipinski definition) is 0. The molecule has 2 fully saturated rings. The van der Waals surface area contributed by atoms with Gasteiger partial charge in [-0.2, -0.15) is 26.3 Å². The molecule has 3 aliphatic rings. The van der Waals surface area contributed by atoms with Crippen molar-refractivity contribution in [1.82, 2.24) is 0 Å². The molecule has 3 rings (SSSR count). The highest BCUT2D eigenvalue weighted by Crippen LogP contribution is 2.51. The zero-order chi connectivity index (χ0) is 22.9. The number of hydrogen-bond acceptors (Lipinski definition) is 1. The largest absolute Gasteiger partial charge is 0.385 e. The van der Waals surface area contributed by atoms with Crippen LogP contribution in [0.1, 0.15) is 64.7 Å². The van der Waals surface area contributed by atoms with Crippen LogP contribution in [0.3, 0.4) is 0 Å². The highest BCUT2D eigenvalue weighted by Gasteiger charge is 2.66. The lowest BCUT2D eigenvalue weighted by Gasteiger charge is -2.37. The first-order valence-electron chi connectivity index (χ1n) is 11.3. The molecule has 3 aliphatic carbocycles. The summed E-state index contributed by atoms with van der Waals surface area (Å²) in [5.74, 6) is -7.45. The van der Waals surface area contributed by atoms with Crippen molar-refractivity contribution in [2.75, 3.05) is 6.61 Å². The van der Waals surface area contributed by atoms with Crippen LogP contribution in [-0.2, 0) is 4.74 Å². The maximum atomic E-state index is 14.3. The fourth-order valence-corrected chi connectivity index (χ4v) is 5.35. The number of ether oxygens (including phenoxy) is 1. The highest BCUT2D eigenvalue weighted by atomic mass is 19.3. The Balaban J connectivity index is 1.46. The molecule has 0 bridgehead atoms. The van der Waals surface area contributed by atoms with Gasteiger partial charge >= 0.3 is 18.0 Å². The Hall–Kier alpha value is -1.24. The summed E-state index contributed by atoms with van der Waals surface area (Å²) in [7, 11) is 0. The second-order valence-corrected chi connectivity index (χ2v) is 9.42. The molecule has 0 heterocycles. The molecule has 176 valence electrons. The van der Waals surface area contributed by atoms with E-state index < -0.39 is 35.7 Å².